The van der Waals surface area contributed by atoms with Crippen molar-refractivity contribution in [3.8, 4) is 0 Å². The van der Waals surface area contributed by atoms with Crippen molar-refractivity contribution in [2.75, 3.05) is 14.1 Å². The molecule has 1 aliphatic rings. The Morgan fingerprint density at radius 3 is 2.82 bits per heavy atom. The molecule has 1 aliphatic heterocycles. The van der Waals surface area contributed by atoms with Gasteiger partial charge in [0.15, 0.2) is 5.11 Å². The van der Waals surface area contributed by atoms with Crippen molar-refractivity contribution in [3.05, 3.63) is 0 Å². The Bertz CT molecular complexity index is 334. The van der Waals surface area contributed by atoms with E-state index in [9.17, 15) is 4.79 Å². The summed E-state index contributed by atoms with van der Waals surface area (Å²) in [5.74, 6) is 0.0276. The molecule has 96 valence electrons. The SMILES string of the molecule is CNC(=S)C(N)CCCC1NC(=S)N(C)C1=O. The lowest BCUT2D eigenvalue weighted by atomic mass is 10.1. The standard InChI is InChI=1S/C10H18N4OS2/c1-12-8(16)6(11)4-3-5-7-9(15)14(2)10(17)13-7/h6-7H,3-5,11H2,1-2H3,(H,12,16)(H,13,17). The molecule has 0 aromatic carbocycles. The second-order valence-corrected chi connectivity index (χ2v) is 4.88. The monoisotopic (exact) mass is 274 g/mol. The normalized spacial score (nSPS) is 21.4. The largest absolute Gasteiger partial charge is 0.381 e. The summed E-state index contributed by atoms with van der Waals surface area (Å²) >= 11 is 10.0. The van der Waals surface area contributed by atoms with E-state index in [2.05, 4.69) is 10.6 Å². The molecule has 1 heterocycles. The number of hydrogen-bond acceptors (Lipinski definition) is 4. The predicted molar refractivity (Wildman–Crippen MR) is 75.8 cm³/mol. The van der Waals surface area contributed by atoms with Crippen molar-refractivity contribution in [1.29, 1.82) is 0 Å². The number of rotatable bonds is 5. The zero-order valence-corrected chi connectivity index (χ0v) is 11.7. The van der Waals surface area contributed by atoms with Crippen molar-refractivity contribution >= 4 is 40.4 Å². The van der Waals surface area contributed by atoms with Gasteiger partial charge >= 0.3 is 0 Å². The zero-order chi connectivity index (χ0) is 13.0. The second-order valence-electron chi connectivity index (χ2n) is 4.05. The van der Waals surface area contributed by atoms with Crippen LogP contribution >= 0.6 is 24.4 Å². The van der Waals surface area contributed by atoms with Gasteiger partial charge in [-0.25, -0.2) is 0 Å². The molecule has 5 nitrogen and oxygen atoms in total. The molecule has 7 heteroatoms. The van der Waals surface area contributed by atoms with Crippen LogP contribution in [0.2, 0.25) is 0 Å². The molecule has 2 atom stereocenters. The molecule has 1 amide bonds. The molecule has 0 aromatic heterocycles. The number of nitrogens with two attached hydrogens (primary N) is 1. The van der Waals surface area contributed by atoms with Crippen LogP contribution in [0.5, 0.6) is 0 Å². The summed E-state index contributed by atoms with van der Waals surface area (Å²) in [7, 11) is 3.44. The van der Waals surface area contributed by atoms with Gasteiger partial charge in [0.25, 0.3) is 5.91 Å². The first-order valence-corrected chi connectivity index (χ1v) is 6.34. The summed E-state index contributed by atoms with van der Waals surface area (Å²) < 4.78 is 0. The highest BCUT2D eigenvalue weighted by atomic mass is 32.1. The van der Waals surface area contributed by atoms with Gasteiger partial charge in [-0.1, -0.05) is 12.2 Å². The smallest absolute Gasteiger partial charge is 0.251 e. The van der Waals surface area contributed by atoms with Gasteiger partial charge in [0.05, 0.1) is 11.0 Å². The van der Waals surface area contributed by atoms with E-state index in [-0.39, 0.29) is 18.0 Å². The van der Waals surface area contributed by atoms with Crippen LogP contribution in [0.4, 0.5) is 0 Å². The predicted octanol–water partition coefficient (Wildman–Crippen LogP) is -0.254. The summed E-state index contributed by atoms with van der Waals surface area (Å²) in [5, 5.41) is 6.35. The molecule has 0 aliphatic carbocycles. The molecule has 0 saturated carbocycles. The van der Waals surface area contributed by atoms with Gasteiger partial charge in [-0.15, -0.1) is 0 Å². The van der Waals surface area contributed by atoms with Crippen molar-refractivity contribution in [3.63, 3.8) is 0 Å². The van der Waals surface area contributed by atoms with E-state index < -0.39 is 0 Å². The van der Waals surface area contributed by atoms with Gasteiger partial charge in [-0.05, 0) is 31.5 Å². The van der Waals surface area contributed by atoms with Gasteiger partial charge < -0.3 is 16.4 Å². The minimum absolute atomic E-state index is 0.0276. The lowest BCUT2D eigenvalue weighted by Crippen LogP contribution is -2.37. The summed E-state index contributed by atoms with van der Waals surface area (Å²) in [6.07, 6.45) is 2.33. The fraction of sp³-hybridized carbons (Fsp3) is 0.700. The highest BCUT2D eigenvalue weighted by Crippen LogP contribution is 2.11. The Hall–Kier alpha value is -0.790. The van der Waals surface area contributed by atoms with E-state index >= 15 is 0 Å². The van der Waals surface area contributed by atoms with E-state index in [1.165, 1.54) is 4.90 Å². The van der Waals surface area contributed by atoms with E-state index in [4.69, 9.17) is 30.2 Å². The van der Waals surface area contributed by atoms with Crippen LogP contribution in [0.3, 0.4) is 0 Å². The Kier molecular flexibility index (Phi) is 5.23. The molecule has 1 rings (SSSR count). The number of carbonyl (C=O) groups excluding carboxylic acids is 1. The van der Waals surface area contributed by atoms with Crippen molar-refractivity contribution in [2.24, 2.45) is 5.73 Å². The number of hydrogen-bond donors (Lipinski definition) is 3. The average Bonchev–Trinajstić information content (AvgIpc) is 2.56. The van der Waals surface area contributed by atoms with E-state index in [1.807, 2.05) is 0 Å². The quantitative estimate of drug-likeness (QED) is 0.601. The fourth-order valence-corrected chi connectivity index (χ4v) is 2.05. The number of thiocarbonyl (C=S) groups is 2. The third-order valence-electron chi connectivity index (χ3n) is 2.82. The minimum atomic E-state index is -0.206. The van der Waals surface area contributed by atoms with Crippen LogP contribution in [0.25, 0.3) is 0 Å². The van der Waals surface area contributed by atoms with Crippen LogP contribution in [-0.2, 0) is 4.79 Å². The lowest BCUT2D eigenvalue weighted by Gasteiger charge is -2.13. The number of nitrogens with one attached hydrogen (secondary N) is 2. The molecule has 4 N–H and O–H groups in total. The molecule has 1 fully saturated rings. The highest BCUT2D eigenvalue weighted by Gasteiger charge is 2.31. The number of nitrogens with zero attached hydrogens (tertiary/aromatic N) is 1. The fourth-order valence-electron chi connectivity index (χ4n) is 1.70. The maximum Gasteiger partial charge on any atom is 0.251 e. The second kappa shape index (κ2) is 6.23. The van der Waals surface area contributed by atoms with Crippen LogP contribution < -0.4 is 16.4 Å². The summed E-state index contributed by atoms with van der Waals surface area (Å²) in [6.45, 7) is 0. The van der Waals surface area contributed by atoms with E-state index in [0.717, 1.165) is 19.3 Å². The molecule has 0 radical (unpaired) electrons. The molecule has 0 bridgehead atoms. The molecule has 2 unspecified atom stereocenters. The molecule has 0 spiro atoms. The van der Waals surface area contributed by atoms with Gasteiger partial charge in [-0.3, -0.25) is 9.69 Å². The van der Waals surface area contributed by atoms with Crippen molar-refractivity contribution < 1.29 is 4.79 Å². The molecular formula is C10H18N4OS2. The van der Waals surface area contributed by atoms with Gasteiger partial charge in [0.2, 0.25) is 0 Å². The zero-order valence-electron chi connectivity index (χ0n) is 10.0. The number of amides is 1. The Morgan fingerprint density at radius 1 is 1.71 bits per heavy atom. The maximum atomic E-state index is 11.7. The molecular weight excluding hydrogens is 256 g/mol. The summed E-state index contributed by atoms with van der Waals surface area (Å²) in [5.41, 5.74) is 5.86. The van der Waals surface area contributed by atoms with Crippen LogP contribution in [0, 0.1) is 0 Å². The first kappa shape index (κ1) is 14.3. The number of carbonyl (C=O) groups is 1. The van der Waals surface area contributed by atoms with Gasteiger partial charge in [0, 0.05) is 14.1 Å². The van der Waals surface area contributed by atoms with Gasteiger partial charge in [0.1, 0.15) is 6.04 Å². The summed E-state index contributed by atoms with van der Waals surface area (Å²) in [4.78, 5) is 13.8. The molecule has 0 aromatic rings. The Morgan fingerprint density at radius 2 is 2.35 bits per heavy atom. The Labute approximate surface area is 112 Å². The third-order valence-corrected chi connectivity index (χ3v) is 3.72. The lowest BCUT2D eigenvalue weighted by molar-refractivity contribution is -0.126. The topological polar surface area (TPSA) is 70.4 Å². The first-order chi connectivity index (χ1) is 7.97. The average molecular weight is 274 g/mol. The highest BCUT2D eigenvalue weighted by molar-refractivity contribution is 7.80. The maximum absolute atomic E-state index is 11.7. The Balaban J connectivity index is 2.31. The van der Waals surface area contributed by atoms with Crippen molar-refractivity contribution in [1.82, 2.24) is 15.5 Å². The minimum Gasteiger partial charge on any atom is -0.381 e. The third kappa shape index (κ3) is 3.58. The molecule has 17 heavy (non-hydrogen) atoms. The molecule has 1 saturated heterocycles. The van der Waals surface area contributed by atoms with Crippen LogP contribution in [-0.4, -0.2) is 47.1 Å². The number of likely N-dealkylation sites (N-methyl/N-ethyl adjacent to an activating group) is 2. The summed E-state index contributed by atoms with van der Waals surface area (Å²) in [6, 6.07) is -0.348. The van der Waals surface area contributed by atoms with Crippen LogP contribution in [0.1, 0.15) is 19.3 Å². The van der Waals surface area contributed by atoms with E-state index in [1.54, 1.807) is 14.1 Å². The van der Waals surface area contributed by atoms with Gasteiger partial charge in [-0.2, -0.15) is 0 Å². The van der Waals surface area contributed by atoms with E-state index in [0.29, 0.717) is 10.1 Å². The first-order valence-electron chi connectivity index (χ1n) is 5.52. The van der Waals surface area contributed by atoms with Crippen LogP contribution in [0.15, 0.2) is 0 Å². The van der Waals surface area contributed by atoms with Crippen molar-refractivity contribution in [2.45, 2.75) is 31.3 Å².